The molecule has 1 N–H and O–H groups in total. The highest BCUT2D eigenvalue weighted by Gasteiger charge is 2.19. The van der Waals surface area contributed by atoms with Crippen LogP contribution in [0.2, 0.25) is 0 Å². The number of halogens is 2. The van der Waals surface area contributed by atoms with Crippen molar-refractivity contribution in [3.63, 3.8) is 0 Å². The van der Waals surface area contributed by atoms with E-state index >= 15 is 0 Å². The summed E-state index contributed by atoms with van der Waals surface area (Å²) in [7, 11) is 0. The molecule has 0 bridgehead atoms. The van der Waals surface area contributed by atoms with Crippen LogP contribution in [0.4, 0.5) is 8.78 Å². The minimum absolute atomic E-state index is 0.0878. The highest BCUT2D eigenvalue weighted by Crippen LogP contribution is 2.25. The van der Waals surface area contributed by atoms with Gasteiger partial charge in [0.15, 0.2) is 11.5 Å². The Labute approximate surface area is 170 Å². The number of H-pyrrole nitrogens is 1. The fourth-order valence-electron chi connectivity index (χ4n) is 3.79. The first-order chi connectivity index (χ1) is 14.4. The molecule has 2 aromatic carbocycles. The van der Waals surface area contributed by atoms with Crippen LogP contribution in [0.1, 0.15) is 30.0 Å². The molecule has 0 aliphatic carbocycles. The van der Waals surface area contributed by atoms with Gasteiger partial charge in [-0.15, -0.1) is 0 Å². The van der Waals surface area contributed by atoms with Crippen LogP contribution < -0.4 is 11.2 Å². The summed E-state index contributed by atoms with van der Waals surface area (Å²) < 4.78 is 28.7. The summed E-state index contributed by atoms with van der Waals surface area (Å²) in [6.45, 7) is 4.43. The molecular formula is C22H20F2N4O2. The van der Waals surface area contributed by atoms with Gasteiger partial charge in [-0.25, -0.2) is 18.6 Å². The molecule has 30 heavy (non-hydrogen) atoms. The number of hydrogen-bond acceptors (Lipinski definition) is 4. The van der Waals surface area contributed by atoms with Gasteiger partial charge in [0.2, 0.25) is 0 Å². The molecule has 2 aliphatic rings. The Morgan fingerprint density at radius 3 is 2.47 bits per heavy atom. The molecule has 0 fully saturated rings. The van der Waals surface area contributed by atoms with Crippen LogP contribution in [-0.4, -0.2) is 19.5 Å². The Hall–Kier alpha value is -3.42. The number of nitrogens with one attached hydrogen (secondary N) is 1. The minimum atomic E-state index is -0.739. The molecule has 4 rings (SSSR count). The lowest BCUT2D eigenvalue weighted by Gasteiger charge is -2.18. The van der Waals surface area contributed by atoms with Gasteiger partial charge in [-0.2, -0.15) is 4.98 Å². The van der Waals surface area contributed by atoms with E-state index in [0.717, 1.165) is 29.1 Å². The maximum Gasteiger partial charge on any atom is 0.349 e. The minimum Gasteiger partial charge on any atom is -0.322 e. The zero-order valence-electron chi connectivity index (χ0n) is 16.6. The van der Waals surface area contributed by atoms with Gasteiger partial charge in [-0.3, -0.25) is 9.78 Å². The van der Waals surface area contributed by atoms with Crippen LogP contribution in [-0.2, 0) is 19.4 Å². The van der Waals surface area contributed by atoms with Crippen LogP contribution in [0.15, 0.2) is 39.9 Å². The summed E-state index contributed by atoms with van der Waals surface area (Å²) in [5.74, 6) is -1.04. The van der Waals surface area contributed by atoms with Crippen LogP contribution in [0.3, 0.4) is 0 Å². The molecule has 0 atom stereocenters. The van der Waals surface area contributed by atoms with Crippen LogP contribution in [0, 0.1) is 18.6 Å². The molecule has 2 heterocycles. The first-order valence-corrected chi connectivity index (χ1v) is 9.75. The van der Waals surface area contributed by atoms with E-state index in [-0.39, 0.29) is 11.5 Å². The van der Waals surface area contributed by atoms with E-state index in [2.05, 4.69) is 15.0 Å². The van der Waals surface area contributed by atoms with Crippen molar-refractivity contribution >= 4 is 11.0 Å². The number of aromatic amines is 1. The second-order valence-electron chi connectivity index (χ2n) is 7.31. The third kappa shape index (κ3) is 3.72. The van der Waals surface area contributed by atoms with Crippen LogP contribution in [0.25, 0.3) is 22.6 Å². The molecule has 2 aliphatic heterocycles. The fourth-order valence-corrected chi connectivity index (χ4v) is 3.79. The predicted molar refractivity (Wildman–Crippen MR) is 110 cm³/mol. The lowest BCUT2D eigenvalue weighted by Crippen LogP contribution is -2.29. The number of benzene rings is 2. The van der Waals surface area contributed by atoms with Gasteiger partial charge in [-0.05, 0) is 67.1 Å². The van der Waals surface area contributed by atoms with Gasteiger partial charge in [0, 0.05) is 12.6 Å². The van der Waals surface area contributed by atoms with Crippen molar-refractivity contribution < 1.29 is 8.78 Å². The molecule has 0 spiro atoms. The average Bonchev–Trinajstić information content (AvgIpc) is 2.67. The number of nitrogens with zero attached hydrogens (tertiary/aromatic N) is 3. The van der Waals surface area contributed by atoms with E-state index < -0.39 is 22.9 Å². The van der Waals surface area contributed by atoms with Crippen molar-refractivity contribution in [1.82, 2.24) is 19.5 Å². The van der Waals surface area contributed by atoms with Gasteiger partial charge < -0.3 is 4.57 Å². The van der Waals surface area contributed by atoms with E-state index in [9.17, 15) is 18.4 Å². The molecule has 0 aromatic heterocycles. The van der Waals surface area contributed by atoms with E-state index in [1.807, 2.05) is 26.0 Å². The maximum absolute atomic E-state index is 13.5. The zero-order chi connectivity index (χ0) is 21.4. The summed E-state index contributed by atoms with van der Waals surface area (Å²) in [4.78, 5) is 34.8. The topological polar surface area (TPSA) is 80.6 Å². The average molecular weight is 410 g/mol. The molecule has 0 saturated carbocycles. The lowest BCUT2D eigenvalue weighted by molar-refractivity contribution is 0.575. The molecule has 0 radical (unpaired) electrons. The number of hydrogen-bond donors (Lipinski definition) is 1. The predicted octanol–water partition coefficient (Wildman–Crippen LogP) is 3.37. The van der Waals surface area contributed by atoms with Gasteiger partial charge >= 0.3 is 5.69 Å². The Bertz CT molecular complexity index is 1320. The molecule has 154 valence electrons. The molecule has 0 unspecified atom stereocenters. The number of aromatic nitrogens is 4. The van der Waals surface area contributed by atoms with Crippen LogP contribution in [0.5, 0.6) is 0 Å². The molecular weight excluding hydrogens is 390 g/mol. The maximum atomic E-state index is 13.5. The third-order valence-electron chi connectivity index (χ3n) is 5.22. The first kappa shape index (κ1) is 19.9. The molecule has 8 heteroatoms. The van der Waals surface area contributed by atoms with Gasteiger partial charge in [0.25, 0.3) is 5.56 Å². The molecule has 0 saturated heterocycles. The summed E-state index contributed by atoms with van der Waals surface area (Å²) >= 11 is 0. The smallest absolute Gasteiger partial charge is 0.322 e. The molecule has 0 amide bonds. The van der Waals surface area contributed by atoms with Gasteiger partial charge in [0.1, 0.15) is 11.6 Å². The Morgan fingerprint density at radius 2 is 1.77 bits per heavy atom. The highest BCUT2D eigenvalue weighted by atomic mass is 19.1. The van der Waals surface area contributed by atoms with Crippen molar-refractivity contribution in [2.24, 2.45) is 0 Å². The van der Waals surface area contributed by atoms with Crippen molar-refractivity contribution in [3.8, 4) is 11.5 Å². The Kier molecular flexibility index (Phi) is 5.15. The monoisotopic (exact) mass is 410 g/mol. The summed E-state index contributed by atoms with van der Waals surface area (Å²) in [6, 6.07) is 7.34. The number of aryl methyl sites for hydroxylation is 4. The van der Waals surface area contributed by atoms with Gasteiger partial charge in [0.05, 0.1) is 11.0 Å². The van der Waals surface area contributed by atoms with Crippen molar-refractivity contribution in [1.29, 1.82) is 0 Å². The van der Waals surface area contributed by atoms with Crippen molar-refractivity contribution in [2.75, 3.05) is 0 Å². The normalized spacial score (nSPS) is 11.5. The zero-order valence-corrected chi connectivity index (χ0v) is 16.6. The first-order valence-electron chi connectivity index (χ1n) is 9.75. The molecule has 6 nitrogen and oxygen atoms in total. The summed E-state index contributed by atoms with van der Waals surface area (Å²) in [6.07, 6.45) is 1.77. The summed E-state index contributed by atoms with van der Waals surface area (Å²) in [5, 5.41) is 0. The Morgan fingerprint density at radius 1 is 1.03 bits per heavy atom. The molecule has 2 aromatic rings. The number of fused-ring (bicyclic) bond motifs is 2. The standard InChI is InChI=1S/C22H20F2N4O2/c1-3-14-10-17-18(7-12(14)2)28(20-19(25-17)21(29)27-22(30)26-20)6-4-5-13-8-15(23)11-16(24)9-13/h7-11H,3-6H2,1-2H3,(H,27,29,30). The SMILES string of the molecule is CCc1cc2nc3c(=O)[nH]c(=O)nc-3n(CCCc3cc(F)cc(F)c3)c2cc1C. The van der Waals surface area contributed by atoms with Crippen molar-refractivity contribution in [3.05, 3.63) is 79.5 Å². The van der Waals surface area contributed by atoms with E-state index in [1.165, 1.54) is 12.1 Å². The van der Waals surface area contributed by atoms with E-state index in [0.29, 0.717) is 30.5 Å². The van der Waals surface area contributed by atoms with Crippen molar-refractivity contribution in [2.45, 2.75) is 39.7 Å². The highest BCUT2D eigenvalue weighted by molar-refractivity contribution is 5.81. The van der Waals surface area contributed by atoms with Gasteiger partial charge in [-0.1, -0.05) is 6.92 Å². The second kappa shape index (κ2) is 7.78. The largest absolute Gasteiger partial charge is 0.349 e. The van der Waals surface area contributed by atoms with Crippen LogP contribution >= 0.6 is 0 Å². The Balaban J connectivity index is 1.81. The fraction of sp³-hybridized carbons (Fsp3) is 0.273. The third-order valence-corrected chi connectivity index (χ3v) is 5.22. The lowest BCUT2D eigenvalue weighted by atomic mass is 10.0. The number of rotatable bonds is 5. The summed E-state index contributed by atoms with van der Waals surface area (Å²) in [5.41, 5.74) is 2.86. The van der Waals surface area contributed by atoms with E-state index in [4.69, 9.17) is 0 Å². The quantitative estimate of drug-likeness (QED) is 0.512. The van der Waals surface area contributed by atoms with E-state index in [1.54, 1.807) is 4.57 Å². The second-order valence-corrected chi connectivity index (χ2v) is 7.31.